The van der Waals surface area contributed by atoms with Crippen molar-refractivity contribution in [3.05, 3.63) is 36.4 Å². The summed E-state index contributed by atoms with van der Waals surface area (Å²) in [7, 11) is -3.25. The van der Waals surface area contributed by atoms with Gasteiger partial charge in [-0.15, -0.1) is 0 Å². The second-order valence-electron chi connectivity index (χ2n) is 7.67. The molecule has 0 atom stereocenters. The first-order chi connectivity index (χ1) is 12.8. The quantitative estimate of drug-likeness (QED) is 0.731. The van der Waals surface area contributed by atoms with Crippen molar-refractivity contribution in [1.82, 2.24) is 4.72 Å². The number of sulfonamides is 1. The predicted octanol–water partition coefficient (Wildman–Crippen LogP) is 2.89. The second-order valence-corrected chi connectivity index (χ2v) is 9.94. The summed E-state index contributed by atoms with van der Waals surface area (Å²) in [5, 5.41) is 2.57. The van der Waals surface area contributed by atoms with E-state index >= 15 is 0 Å². The molecule has 1 saturated carbocycles. The highest BCUT2D eigenvalue weighted by molar-refractivity contribution is 7.90. The van der Waals surface area contributed by atoms with Crippen LogP contribution in [0.1, 0.15) is 39.5 Å². The van der Waals surface area contributed by atoms with Crippen LogP contribution in [0.3, 0.4) is 0 Å². The molecule has 2 N–H and O–H groups in total. The van der Waals surface area contributed by atoms with Crippen molar-refractivity contribution in [3.8, 4) is 0 Å². The fraction of sp³-hybridized carbons (Fsp3) is 0.550. The monoisotopic (exact) mass is 391 g/mol. The summed E-state index contributed by atoms with van der Waals surface area (Å²) >= 11 is 0. The van der Waals surface area contributed by atoms with Gasteiger partial charge in [-0.1, -0.05) is 12.2 Å². The lowest BCUT2D eigenvalue weighted by Gasteiger charge is -2.28. The molecule has 0 saturated heterocycles. The summed E-state index contributed by atoms with van der Waals surface area (Å²) in [5.41, 5.74) is 1.95. The van der Waals surface area contributed by atoms with Gasteiger partial charge in [-0.25, -0.2) is 13.1 Å². The molecule has 1 amide bonds. The lowest BCUT2D eigenvalue weighted by atomic mass is 9.86. The van der Waals surface area contributed by atoms with E-state index in [1.54, 1.807) is 13.8 Å². The fourth-order valence-electron chi connectivity index (χ4n) is 3.53. The summed E-state index contributed by atoms with van der Waals surface area (Å²) in [6.07, 6.45) is 7.10. The lowest BCUT2D eigenvalue weighted by molar-refractivity contribution is -0.120. The van der Waals surface area contributed by atoms with Crippen molar-refractivity contribution < 1.29 is 13.2 Å². The largest absolute Gasteiger partial charge is 0.364 e. The highest BCUT2D eigenvalue weighted by Gasteiger charge is 2.29. The van der Waals surface area contributed by atoms with Crippen molar-refractivity contribution in [1.29, 1.82) is 0 Å². The maximum absolute atomic E-state index is 12.5. The minimum atomic E-state index is -3.25. The average Bonchev–Trinajstić information content (AvgIpc) is 3.17. The Balaban J connectivity index is 1.48. The summed E-state index contributed by atoms with van der Waals surface area (Å²) < 4.78 is 26.7. The van der Waals surface area contributed by atoms with Gasteiger partial charge < -0.3 is 10.2 Å². The number of rotatable bonds is 6. The van der Waals surface area contributed by atoms with Crippen molar-refractivity contribution in [2.45, 2.75) is 50.8 Å². The molecule has 1 aromatic rings. The standard InChI is InChI=1S/C20H29N3O3S/c1-15(2)27(25,26)22-18-7-5-16(6-8-18)20(24)21-17-9-11-19(12-10-17)23-13-3-4-14-23/h3-4,9-12,15-16,18,22H,5-8,13-14H2,1-2H3,(H,21,24)/t16-,18-. The van der Waals surface area contributed by atoms with Crippen LogP contribution >= 0.6 is 0 Å². The van der Waals surface area contributed by atoms with Crippen molar-refractivity contribution >= 4 is 27.3 Å². The van der Waals surface area contributed by atoms with Gasteiger partial charge in [0.15, 0.2) is 0 Å². The molecule has 27 heavy (non-hydrogen) atoms. The van der Waals surface area contributed by atoms with Gasteiger partial charge in [0.25, 0.3) is 0 Å². The van der Waals surface area contributed by atoms with Crippen LogP contribution in [-0.4, -0.2) is 38.7 Å². The Bertz CT molecular complexity index is 771. The van der Waals surface area contributed by atoms with Gasteiger partial charge in [-0.3, -0.25) is 4.79 Å². The number of hydrogen-bond acceptors (Lipinski definition) is 4. The summed E-state index contributed by atoms with van der Waals surface area (Å²) in [6.45, 7) is 5.20. The highest BCUT2D eigenvalue weighted by atomic mass is 32.2. The first kappa shape index (κ1) is 19.9. The molecule has 0 unspecified atom stereocenters. The van der Waals surface area contributed by atoms with E-state index in [4.69, 9.17) is 0 Å². The van der Waals surface area contributed by atoms with Gasteiger partial charge in [0, 0.05) is 36.4 Å². The maximum atomic E-state index is 12.5. The summed E-state index contributed by atoms with van der Waals surface area (Å²) in [5.74, 6) is -0.0389. The van der Waals surface area contributed by atoms with E-state index in [-0.39, 0.29) is 17.9 Å². The van der Waals surface area contributed by atoms with E-state index in [0.29, 0.717) is 25.7 Å². The molecule has 1 aromatic carbocycles. The zero-order chi connectivity index (χ0) is 19.4. The Hall–Kier alpha value is -1.86. The van der Waals surface area contributed by atoms with Gasteiger partial charge in [-0.05, 0) is 63.8 Å². The normalized spacial score (nSPS) is 23.0. The number of benzene rings is 1. The van der Waals surface area contributed by atoms with Crippen LogP contribution in [0.15, 0.2) is 36.4 Å². The number of anilines is 2. The van der Waals surface area contributed by atoms with E-state index in [2.05, 4.69) is 27.1 Å². The van der Waals surface area contributed by atoms with E-state index in [0.717, 1.165) is 24.5 Å². The molecule has 2 aliphatic rings. The third kappa shape index (κ3) is 5.11. The third-order valence-electron chi connectivity index (χ3n) is 5.37. The number of amides is 1. The van der Waals surface area contributed by atoms with Gasteiger partial charge in [-0.2, -0.15) is 0 Å². The number of nitrogens with one attached hydrogen (secondary N) is 2. The molecule has 7 heteroatoms. The Morgan fingerprint density at radius 2 is 1.63 bits per heavy atom. The van der Waals surface area contributed by atoms with Crippen molar-refractivity contribution in [2.24, 2.45) is 5.92 Å². The van der Waals surface area contributed by atoms with Gasteiger partial charge in [0.1, 0.15) is 0 Å². The van der Waals surface area contributed by atoms with E-state index < -0.39 is 15.3 Å². The van der Waals surface area contributed by atoms with Gasteiger partial charge in [0.05, 0.1) is 5.25 Å². The zero-order valence-corrected chi connectivity index (χ0v) is 16.8. The molecular weight excluding hydrogens is 362 g/mol. The molecule has 6 nitrogen and oxygen atoms in total. The minimum absolute atomic E-state index is 0.0238. The molecule has 0 bridgehead atoms. The molecule has 3 rings (SSSR count). The molecular formula is C20H29N3O3S. The van der Waals surface area contributed by atoms with Crippen LogP contribution < -0.4 is 14.9 Å². The first-order valence-corrected chi connectivity index (χ1v) is 11.2. The Morgan fingerprint density at radius 3 is 2.19 bits per heavy atom. The highest BCUT2D eigenvalue weighted by Crippen LogP contribution is 2.27. The van der Waals surface area contributed by atoms with Gasteiger partial charge in [0.2, 0.25) is 15.9 Å². The number of carbonyl (C=O) groups excluding carboxylic acids is 1. The zero-order valence-electron chi connectivity index (χ0n) is 16.0. The van der Waals surface area contributed by atoms with Crippen LogP contribution in [0, 0.1) is 5.92 Å². The summed E-state index contributed by atoms with van der Waals surface area (Å²) in [6, 6.07) is 7.87. The molecule has 1 fully saturated rings. The number of nitrogens with zero attached hydrogens (tertiary/aromatic N) is 1. The van der Waals surface area contributed by atoms with Crippen LogP contribution in [0.25, 0.3) is 0 Å². The smallest absolute Gasteiger partial charge is 0.227 e. The minimum Gasteiger partial charge on any atom is -0.364 e. The Morgan fingerprint density at radius 1 is 1.04 bits per heavy atom. The van der Waals surface area contributed by atoms with Crippen molar-refractivity contribution in [3.63, 3.8) is 0 Å². The van der Waals surface area contributed by atoms with Crippen LogP contribution in [0.4, 0.5) is 11.4 Å². The molecule has 0 spiro atoms. The van der Waals surface area contributed by atoms with E-state index in [1.165, 1.54) is 0 Å². The second kappa shape index (κ2) is 8.44. The molecule has 0 radical (unpaired) electrons. The lowest BCUT2D eigenvalue weighted by Crippen LogP contribution is -2.42. The molecule has 1 aliphatic carbocycles. The third-order valence-corrected chi connectivity index (χ3v) is 7.27. The first-order valence-electron chi connectivity index (χ1n) is 9.67. The predicted molar refractivity (Wildman–Crippen MR) is 109 cm³/mol. The van der Waals surface area contributed by atoms with Crippen LogP contribution in [-0.2, 0) is 14.8 Å². The number of hydrogen-bond donors (Lipinski definition) is 2. The van der Waals surface area contributed by atoms with E-state index in [9.17, 15) is 13.2 Å². The SMILES string of the molecule is CC(C)S(=O)(=O)N[C@H]1CC[C@H](C(=O)Nc2ccc(N3CC=CC3)cc2)CC1. The molecule has 0 aromatic heterocycles. The maximum Gasteiger partial charge on any atom is 0.227 e. The molecule has 148 valence electrons. The van der Waals surface area contributed by atoms with Gasteiger partial charge >= 0.3 is 0 Å². The fourth-order valence-corrected chi connectivity index (χ4v) is 4.50. The van der Waals surface area contributed by atoms with Crippen LogP contribution in [0.5, 0.6) is 0 Å². The van der Waals surface area contributed by atoms with Crippen LogP contribution in [0.2, 0.25) is 0 Å². The van der Waals surface area contributed by atoms with Crippen molar-refractivity contribution in [2.75, 3.05) is 23.3 Å². The summed E-state index contributed by atoms with van der Waals surface area (Å²) in [4.78, 5) is 14.8. The topological polar surface area (TPSA) is 78.5 Å². The van der Waals surface area contributed by atoms with E-state index in [1.807, 2.05) is 24.3 Å². The number of carbonyl (C=O) groups is 1. The molecule has 1 heterocycles. The average molecular weight is 392 g/mol. The molecule has 1 aliphatic heterocycles. The Kier molecular flexibility index (Phi) is 6.22. The Labute approximate surface area is 162 Å².